The second-order valence-electron chi connectivity index (χ2n) is 11.6. The van der Waals surface area contributed by atoms with Crippen LogP contribution in [0, 0.1) is 24.2 Å². The molecule has 2 aliphatic carbocycles. The SMILES string of the molecule is C=CC(=O)N1CC2(CC(n3nc(-c4ccc(CO)cc4)c(C4C(Cl)C(C)CC5NNCC54)c3C)C2)C1. The van der Waals surface area contributed by atoms with Crippen LogP contribution in [0.3, 0.4) is 0 Å². The Bertz CT molecular complexity index is 1160. The van der Waals surface area contributed by atoms with Gasteiger partial charge in [0.25, 0.3) is 0 Å². The summed E-state index contributed by atoms with van der Waals surface area (Å²) in [5.41, 5.74) is 12.6. The maximum absolute atomic E-state index is 12.0. The summed E-state index contributed by atoms with van der Waals surface area (Å²) in [4.78, 5) is 13.8. The molecule has 4 aliphatic rings. The van der Waals surface area contributed by atoms with Crippen molar-refractivity contribution in [1.29, 1.82) is 0 Å². The number of fused-ring (bicyclic) bond motifs is 1. The molecular formula is C28H36ClN5O2. The van der Waals surface area contributed by atoms with Gasteiger partial charge in [0.05, 0.1) is 18.3 Å². The molecule has 2 aliphatic heterocycles. The summed E-state index contributed by atoms with van der Waals surface area (Å²) >= 11 is 7.22. The lowest BCUT2D eigenvalue weighted by Gasteiger charge is -2.58. The first-order valence-electron chi connectivity index (χ1n) is 13.2. The average molecular weight is 510 g/mol. The lowest BCUT2D eigenvalue weighted by atomic mass is 9.60. The predicted molar refractivity (Wildman–Crippen MR) is 140 cm³/mol. The van der Waals surface area contributed by atoms with Crippen LogP contribution in [0.2, 0.25) is 0 Å². The van der Waals surface area contributed by atoms with Crippen LogP contribution in [0.5, 0.6) is 0 Å². The molecule has 6 rings (SSSR count). The quantitative estimate of drug-likeness (QED) is 0.424. The zero-order valence-corrected chi connectivity index (χ0v) is 21.8. The Balaban J connectivity index is 1.36. The number of nitrogens with zero attached hydrogens (tertiary/aromatic N) is 3. The van der Waals surface area contributed by atoms with Crippen LogP contribution >= 0.6 is 11.6 Å². The van der Waals surface area contributed by atoms with Crippen LogP contribution in [-0.2, 0) is 11.4 Å². The number of carbonyl (C=O) groups is 1. The summed E-state index contributed by atoms with van der Waals surface area (Å²) in [6.07, 6.45) is 4.56. The molecule has 5 atom stereocenters. The van der Waals surface area contributed by atoms with Gasteiger partial charge in [-0.1, -0.05) is 37.8 Å². The number of aliphatic hydroxyl groups is 1. The van der Waals surface area contributed by atoms with Gasteiger partial charge < -0.3 is 10.0 Å². The van der Waals surface area contributed by atoms with Crippen molar-refractivity contribution in [2.75, 3.05) is 19.6 Å². The number of halogens is 1. The molecule has 2 aromatic rings. The number of hydrogen-bond donors (Lipinski definition) is 3. The first-order valence-corrected chi connectivity index (χ1v) is 13.6. The number of aliphatic hydroxyl groups excluding tert-OH is 1. The van der Waals surface area contributed by atoms with E-state index in [1.54, 1.807) is 0 Å². The van der Waals surface area contributed by atoms with Gasteiger partial charge in [0.1, 0.15) is 0 Å². The Hall–Kier alpha value is -2.19. The molecule has 36 heavy (non-hydrogen) atoms. The van der Waals surface area contributed by atoms with E-state index in [2.05, 4.69) is 48.1 Å². The number of alkyl halides is 1. The zero-order valence-electron chi connectivity index (χ0n) is 21.1. The van der Waals surface area contributed by atoms with E-state index in [0.29, 0.717) is 23.9 Å². The Morgan fingerprint density at radius 2 is 2.03 bits per heavy atom. The fourth-order valence-corrected chi connectivity index (χ4v) is 7.76. The van der Waals surface area contributed by atoms with E-state index in [-0.39, 0.29) is 29.2 Å². The molecule has 1 aromatic carbocycles. The normalized spacial score (nSPS) is 31.1. The predicted octanol–water partition coefficient (Wildman–Crippen LogP) is 3.52. The topological polar surface area (TPSA) is 82.4 Å². The lowest BCUT2D eigenvalue weighted by molar-refractivity contribution is -0.149. The highest BCUT2D eigenvalue weighted by Crippen LogP contribution is 2.56. The summed E-state index contributed by atoms with van der Waals surface area (Å²) in [6, 6.07) is 8.85. The summed E-state index contributed by atoms with van der Waals surface area (Å²) in [5.74, 6) is 1.03. The average Bonchev–Trinajstić information content (AvgIpc) is 3.42. The molecule has 8 heteroatoms. The minimum Gasteiger partial charge on any atom is -0.392 e. The molecule has 3 N–H and O–H groups in total. The van der Waals surface area contributed by atoms with E-state index in [1.807, 2.05) is 17.0 Å². The monoisotopic (exact) mass is 509 g/mol. The number of amides is 1. The second-order valence-corrected chi connectivity index (χ2v) is 12.1. The third kappa shape index (κ3) is 3.74. The number of likely N-dealkylation sites (tertiary alicyclic amines) is 1. The van der Waals surface area contributed by atoms with Crippen LogP contribution in [0.1, 0.15) is 55.0 Å². The van der Waals surface area contributed by atoms with Gasteiger partial charge in [-0.15, -0.1) is 11.6 Å². The third-order valence-electron chi connectivity index (χ3n) is 9.28. The van der Waals surface area contributed by atoms with Crippen LogP contribution in [0.4, 0.5) is 0 Å². The first-order chi connectivity index (χ1) is 17.3. The number of hydrogen-bond acceptors (Lipinski definition) is 5. The largest absolute Gasteiger partial charge is 0.392 e. The molecule has 7 nitrogen and oxygen atoms in total. The van der Waals surface area contributed by atoms with Gasteiger partial charge in [-0.25, -0.2) is 0 Å². The molecule has 2 saturated carbocycles. The van der Waals surface area contributed by atoms with E-state index >= 15 is 0 Å². The van der Waals surface area contributed by atoms with Gasteiger partial charge in [-0.2, -0.15) is 5.10 Å². The number of nitrogens with one attached hydrogen (secondary N) is 2. The Morgan fingerprint density at radius 1 is 1.31 bits per heavy atom. The van der Waals surface area contributed by atoms with Crippen LogP contribution in [0.15, 0.2) is 36.9 Å². The summed E-state index contributed by atoms with van der Waals surface area (Å²) < 4.78 is 2.25. The molecule has 5 unspecified atom stereocenters. The molecule has 0 radical (unpaired) electrons. The number of aromatic nitrogens is 2. The van der Waals surface area contributed by atoms with Gasteiger partial charge >= 0.3 is 0 Å². The lowest BCUT2D eigenvalue weighted by Crippen LogP contribution is -2.63. The summed E-state index contributed by atoms with van der Waals surface area (Å²) in [7, 11) is 0. The molecular weight excluding hydrogens is 474 g/mol. The highest BCUT2D eigenvalue weighted by atomic mass is 35.5. The number of rotatable bonds is 5. The van der Waals surface area contributed by atoms with Crippen molar-refractivity contribution in [3.05, 3.63) is 53.7 Å². The minimum atomic E-state index is 0.0289. The van der Waals surface area contributed by atoms with Gasteiger partial charge in [0, 0.05) is 59.2 Å². The smallest absolute Gasteiger partial charge is 0.245 e. The van der Waals surface area contributed by atoms with Crippen LogP contribution in [-0.4, -0.2) is 56.7 Å². The van der Waals surface area contributed by atoms with Crippen molar-refractivity contribution >= 4 is 17.5 Å². The fourth-order valence-electron chi connectivity index (χ4n) is 7.35. The number of hydrazine groups is 1. The van der Waals surface area contributed by atoms with E-state index in [9.17, 15) is 9.90 Å². The standard InChI is InChI=1S/C28H36ClN5O2/c1-4-23(36)33-14-28(15-33)10-20(11-28)34-17(3)24(27(32-34)19-7-5-18(13-35)6-8-19)25-21-12-30-31-22(21)9-16(2)26(25)29/h4-8,16,20-22,25-26,30-31,35H,1,9-15H2,2-3H3. The van der Waals surface area contributed by atoms with Crippen molar-refractivity contribution in [3.63, 3.8) is 0 Å². The maximum Gasteiger partial charge on any atom is 0.245 e. The Labute approximate surface area is 217 Å². The van der Waals surface area contributed by atoms with Crippen molar-refractivity contribution in [1.82, 2.24) is 25.5 Å². The van der Waals surface area contributed by atoms with Crippen molar-refractivity contribution in [2.45, 2.75) is 63.1 Å². The minimum absolute atomic E-state index is 0.0289. The molecule has 1 amide bonds. The number of benzene rings is 1. The Kier molecular flexibility index (Phi) is 6.03. The van der Waals surface area contributed by atoms with E-state index in [0.717, 1.165) is 55.7 Å². The van der Waals surface area contributed by atoms with Crippen LogP contribution < -0.4 is 10.9 Å². The highest BCUT2D eigenvalue weighted by Gasteiger charge is 2.55. The zero-order chi connectivity index (χ0) is 25.2. The van der Waals surface area contributed by atoms with Gasteiger partial charge in [-0.05, 0) is 49.7 Å². The van der Waals surface area contributed by atoms with Gasteiger partial charge in [0.15, 0.2) is 0 Å². The highest BCUT2D eigenvalue weighted by molar-refractivity contribution is 6.21. The van der Waals surface area contributed by atoms with Crippen LogP contribution in [0.25, 0.3) is 11.3 Å². The molecule has 3 heterocycles. The molecule has 1 spiro atoms. The third-order valence-corrected chi connectivity index (χ3v) is 9.98. The fraction of sp³-hybridized carbons (Fsp3) is 0.571. The summed E-state index contributed by atoms with van der Waals surface area (Å²) in [5, 5.41) is 14.8. The molecule has 1 aromatic heterocycles. The first kappa shape index (κ1) is 24.2. The van der Waals surface area contributed by atoms with E-state index < -0.39 is 0 Å². The maximum atomic E-state index is 12.0. The van der Waals surface area contributed by atoms with Crippen molar-refractivity contribution < 1.29 is 9.90 Å². The van der Waals surface area contributed by atoms with Crippen molar-refractivity contribution in [3.8, 4) is 11.3 Å². The number of carbonyl (C=O) groups excluding carboxylic acids is 1. The Morgan fingerprint density at radius 3 is 2.69 bits per heavy atom. The van der Waals surface area contributed by atoms with Gasteiger partial charge in [-0.3, -0.25) is 20.3 Å². The summed E-state index contributed by atoms with van der Waals surface area (Å²) in [6.45, 7) is 10.7. The van der Waals surface area contributed by atoms with E-state index in [1.165, 1.54) is 17.3 Å². The molecule has 0 bridgehead atoms. The molecule has 2 saturated heterocycles. The van der Waals surface area contributed by atoms with Crippen molar-refractivity contribution in [2.24, 2.45) is 17.3 Å². The molecule has 192 valence electrons. The molecule has 4 fully saturated rings. The second kappa shape index (κ2) is 8.98. The van der Waals surface area contributed by atoms with E-state index in [4.69, 9.17) is 16.7 Å². The van der Waals surface area contributed by atoms with Gasteiger partial charge in [0.2, 0.25) is 5.91 Å².